The number of hydrogen-bond donors (Lipinski definition) is 1. The number of carboxylic acid groups (broad SMARTS) is 1. The highest BCUT2D eigenvalue weighted by Crippen LogP contribution is 1.98. The molecular formula is C7H7O3+. The van der Waals surface area contributed by atoms with Crippen molar-refractivity contribution >= 4 is 5.97 Å². The van der Waals surface area contributed by atoms with E-state index in [-0.39, 0.29) is 6.42 Å². The second-order valence-corrected chi connectivity index (χ2v) is 1.84. The monoisotopic (exact) mass is 139 g/mol. The average molecular weight is 139 g/mol. The standard InChI is InChI=1S/C7H6O3/c8-7(9)5-6-3-1-2-4-10-6/h1-4H,5H2/p+1. The van der Waals surface area contributed by atoms with Gasteiger partial charge >= 0.3 is 18.0 Å². The van der Waals surface area contributed by atoms with Crippen LogP contribution in [0.4, 0.5) is 0 Å². The zero-order valence-electron chi connectivity index (χ0n) is 5.28. The maximum absolute atomic E-state index is 10.1. The lowest BCUT2D eigenvalue weighted by molar-refractivity contribution is -0.136. The van der Waals surface area contributed by atoms with Crippen LogP contribution >= 0.6 is 0 Å². The zero-order chi connectivity index (χ0) is 7.40. The van der Waals surface area contributed by atoms with Gasteiger partial charge in [-0.2, -0.15) is 0 Å². The second-order valence-electron chi connectivity index (χ2n) is 1.84. The molecule has 0 aliphatic carbocycles. The van der Waals surface area contributed by atoms with E-state index in [0.29, 0.717) is 5.76 Å². The first kappa shape index (κ1) is 6.74. The van der Waals surface area contributed by atoms with Gasteiger partial charge in [0, 0.05) is 12.1 Å². The summed E-state index contributed by atoms with van der Waals surface area (Å²) in [5, 5.41) is 8.31. The average Bonchev–Trinajstić information content (AvgIpc) is 1.88. The van der Waals surface area contributed by atoms with Gasteiger partial charge in [-0.3, -0.25) is 4.79 Å². The molecular weight excluding hydrogens is 132 g/mol. The first-order chi connectivity index (χ1) is 4.79. The summed E-state index contributed by atoms with van der Waals surface area (Å²) in [4.78, 5) is 10.1. The normalized spacial score (nSPS) is 9.20. The molecule has 0 aromatic carbocycles. The zero-order valence-corrected chi connectivity index (χ0v) is 5.28. The largest absolute Gasteiger partial charge is 0.481 e. The Bertz CT molecular complexity index is 218. The SMILES string of the molecule is O=C(O)Cc1cccc[o+]1. The van der Waals surface area contributed by atoms with Gasteiger partial charge < -0.3 is 5.11 Å². The highest BCUT2D eigenvalue weighted by molar-refractivity contribution is 5.69. The van der Waals surface area contributed by atoms with Crippen LogP contribution in [0.2, 0.25) is 0 Å². The summed E-state index contributed by atoms with van der Waals surface area (Å²) < 4.78 is 4.86. The first-order valence-corrected chi connectivity index (χ1v) is 2.86. The lowest BCUT2D eigenvalue weighted by Gasteiger charge is -1.80. The number of aliphatic carboxylic acids is 1. The van der Waals surface area contributed by atoms with Crippen LogP contribution in [0.5, 0.6) is 0 Å². The Balaban J connectivity index is 2.67. The molecule has 1 heterocycles. The van der Waals surface area contributed by atoms with Crippen molar-refractivity contribution in [3.05, 3.63) is 30.2 Å². The Hall–Kier alpha value is -1.38. The first-order valence-electron chi connectivity index (χ1n) is 2.86. The van der Waals surface area contributed by atoms with Crippen LogP contribution < -0.4 is 0 Å². The predicted octanol–water partition coefficient (Wildman–Crippen LogP) is 1.19. The lowest BCUT2D eigenvalue weighted by Crippen LogP contribution is -1.98. The van der Waals surface area contributed by atoms with Crippen molar-refractivity contribution in [2.45, 2.75) is 6.42 Å². The molecule has 0 bridgehead atoms. The van der Waals surface area contributed by atoms with Crippen molar-refractivity contribution in [3.63, 3.8) is 0 Å². The summed E-state index contributed by atoms with van der Waals surface area (Å²) in [6.45, 7) is 0. The molecule has 1 aromatic heterocycles. The molecule has 52 valence electrons. The topological polar surface area (TPSA) is 48.6 Å². The van der Waals surface area contributed by atoms with E-state index >= 15 is 0 Å². The molecule has 3 heteroatoms. The van der Waals surface area contributed by atoms with E-state index in [0.717, 1.165) is 0 Å². The van der Waals surface area contributed by atoms with Gasteiger partial charge in [-0.25, -0.2) is 4.42 Å². The Kier molecular flexibility index (Phi) is 1.99. The van der Waals surface area contributed by atoms with Crippen molar-refractivity contribution in [1.29, 1.82) is 0 Å². The highest BCUT2D eigenvalue weighted by atomic mass is 16.4. The van der Waals surface area contributed by atoms with Gasteiger partial charge in [-0.05, 0) is 6.07 Å². The summed E-state index contributed by atoms with van der Waals surface area (Å²) in [5.74, 6) is -0.412. The third-order valence-electron chi connectivity index (χ3n) is 1.02. The molecule has 0 unspecified atom stereocenters. The molecule has 1 N–H and O–H groups in total. The van der Waals surface area contributed by atoms with Crippen molar-refractivity contribution in [1.82, 2.24) is 0 Å². The molecule has 0 saturated carbocycles. The molecule has 0 aliphatic rings. The molecule has 0 spiro atoms. The van der Waals surface area contributed by atoms with Crippen molar-refractivity contribution < 1.29 is 14.3 Å². The quantitative estimate of drug-likeness (QED) is 0.626. The molecule has 1 rings (SSSR count). The van der Waals surface area contributed by atoms with E-state index in [1.807, 2.05) is 0 Å². The lowest BCUT2D eigenvalue weighted by atomic mass is 10.3. The Labute approximate surface area is 57.9 Å². The fraction of sp³-hybridized carbons (Fsp3) is 0.143. The minimum Gasteiger partial charge on any atom is -0.481 e. The maximum atomic E-state index is 10.1. The van der Waals surface area contributed by atoms with Crippen LogP contribution in [0, 0.1) is 0 Å². The molecule has 0 aliphatic heterocycles. The Morgan fingerprint density at radius 3 is 2.90 bits per heavy atom. The molecule has 0 atom stereocenters. The molecule has 3 nitrogen and oxygen atoms in total. The highest BCUT2D eigenvalue weighted by Gasteiger charge is 2.09. The van der Waals surface area contributed by atoms with Crippen LogP contribution in [0.25, 0.3) is 0 Å². The van der Waals surface area contributed by atoms with Gasteiger partial charge in [0.15, 0.2) is 6.42 Å². The molecule has 0 radical (unpaired) electrons. The van der Waals surface area contributed by atoms with Gasteiger partial charge in [0.25, 0.3) is 0 Å². The number of carbonyl (C=O) groups is 1. The molecule has 0 saturated heterocycles. The van der Waals surface area contributed by atoms with Crippen LogP contribution in [-0.2, 0) is 11.2 Å². The number of carboxylic acids is 1. The summed E-state index contributed by atoms with van der Waals surface area (Å²) in [6, 6.07) is 5.07. The minimum atomic E-state index is -0.880. The van der Waals surface area contributed by atoms with E-state index in [1.165, 1.54) is 6.26 Å². The van der Waals surface area contributed by atoms with Gasteiger partial charge in [-0.1, -0.05) is 0 Å². The van der Waals surface area contributed by atoms with E-state index < -0.39 is 5.97 Å². The maximum Gasteiger partial charge on any atom is 0.340 e. The van der Waals surface area contributed by atoms with Gasteiger partial charge in [0.05, 0.1) is 0 Å². The molecule has 1 aromatic rings. The summed E-state index contributed by atoms with van der Waals surface area (Å²) in [7, 11) is 0. The molecule has 10 heavy (non-hydrogen) atoms. The molecule has 0 amide bonds. The van der Waals surface area contributed by atoms with Crippen LogP contribution in [0.3, 0.4) is 0 Å². The number of hydrogen-bond acceptors (Lipinski definition) is 1. The van der Waals surface area contributed by atoms with Gasteiger partial charge in [-0.15, -0.1) is 0 Å². The van der Waals surface area contributed by atoms with Crippen LogP contribution in [-0.4, -0.2) is 11.1 Å². The van der Waals surface area contributed by atoms with E-state index in [1.54, 1.807) is 18.2 Å². The second kappa shape index (κ2) is 2.96. The fourth-order valence-corrected chi connectivity index (χ4v) is 0.624. The molecule has 0 fully saturated rings. The van der Waals surface area contributed by atoms with Crippen molar-refractivity contribution in [3.8, 4) is 0 Å². The summed E-state index contributed by atoms with van der Waals surface area (Å²) in [6.07, 6.45) is 1.40. The van der Waals surface area contributed by atoms with Crippen LogP contribution in [0.1, 0.15) is 5.76 Å². The van der Waals surface area contributed by atoms with Crippen molar-refractivity contribution in [2.24, 2.45) is 0 Å². The number of rotatable bonds is 2. The van der Waals surface area contributed by atoms with Crippen molar-refractivity contribution in [2.75, 3.05) is 0 Å². The minimum absolute atomic E-state index is 0.0547. The van der Waals surface area contributed by atoms with E-state index in [9.17, 15) is 4.79 Å². The smallest absolute Gasteiger partial charge is 0.340 e. The third kappa shape index (κ3) is 1.85. The van der Waals surface area contributed by atoms with Gasteiger partial charge in [0.1, 0.15) is 0 Å². The van der Waals surface area contributed by atoms with E-state index in [4.69, 9.17) is 9.52 Å². The Morgan fingerprint density at radius 1 is 1.60 bits per heavy atom. The fourth-order valence-electron chi connectivity index (χ4n) is 0.624. The third-order valence-corrected chi connectivity index (χ3v) is 1.02. The Morgan fingerprint density at radius 2 is 2.40 bits per heavy atom. The predicted molar refractivity (Wildman–Crippen MR) is 34.5 cm³/mol. The van der Waals surface area contributed by atoms with Crippen LogP contribution in [0.15, 0.2) is 28.9 Å². The van der Waals surface area contributed by atoms with E-state index in [2.05, 4.69) is 0 Å². The van der Waals surface area contributed by atoms with Gasteiger partial charge in [0.2, 0.25) is 0 Å². The summed E-state index contributed by atoms with van der Waals surface area (Å²) in [5.41, 5.74) is 0. The summed E-state index contributed by atoms with van der Waals surface area (Å²) >= 11 is 0.